The summed E-state index contributed by atoms with van der Waals surface area (Å²) >= 11 is 6.12. The van der Waals surface area contributed by atoms with Crippen LogP contribution >= 0.6 is 11.6 Å². The molecule has 0 bridgehead atoms. The second-order valence-corrected chi connectivity index (χ2v) is 7.17. The second-order valence-electron chi connectivity index (χ2n) is 6.76. The first-order chi connectivity index (χ1) is 14.6. The topological polar surface area (TPSA) is 89.9 Å². The first-order valence-electron chi connectivity index (χ1n) is 9.16. The first-order valence-corrected chi connectivity index (χ1v) is 9.54. The molecule has 30 heavy (non-hydrogen) atoms. The normalized spacial score (nSPS) is 13.5. The van der Waals surface area contributed by atoms with Gasteiger partial charge in [-0.25, -0.2) is 9.07 Å². The average molecular weight is 425 g/mol. The van der Waals surface area contributed by atoms with Crippen molar-refractivity contribution in [2.45, 2.75) is 13.1 Å². The van der Waals surface area contributed by atoms with Gasteiger partial charge >= 0.3 is 0 Å². The Morgan fingerprint density at radius 1 is 1.13 bits per heavy atom. The van der Waals surface area contributed by atoms with Crippen LogP contribution in [0.2, 0.25) is 5.02 Å². The highest BCUT2D eigenvalue weighted by molar-refractivity contribution is 6.31. The molecule has 1 aliphatic heterocycles. The number of hydrogen-bond acceptors (Lipinski definition) is 6. The van der Waals surface area contributed by atoms with Crippen LogP contribution in [0.5, 0.6) is 0 Å². The van der Waals surface area contributed by atoms with Crippen LogP contribution in [-0.4, -0.2) is 42.5 Å². The Morgan fingerprint density at radius 2 is 1.97 bits per heavy atom. The van der Waals surface area contributed by atoms with E-state index in [1.54, 1.807) is 11.0 Å². The van der Waals surface area contributed by atoms with Crippen molar-refractivity contribution >= 4 is 17.5 Å². The Bertz CT molecular complexity index is 1240. The molecule has 0 aliphatic carbocycles. The van der Waals surface area contributed by atoms with E-state index >= 15 is 0 Å². The van der Waals surface area contributed by atoms with E-state index in [1.165, 1.54) is 16.8 Å². The molecule has 5 rings (SSSR count). The molecular formula is C20H14ClFN6O2. The quantitative estimate of drug-likeness (QED) is 0.498. The van der Waals surface area contributed by atoms with Gasteiger partial charge in [0.15, 0.2) is 11.4 Å². The number of hydrogen-bond donors (Lipinski definition) is 0. The van der Waals surface area contributed by atoms with Gasteiger partial charge in [-0.2, -0.15) is 4.98 Å². The highest BCUT2D eigenvalue weighted by Gasteiger charge is 2.33. The standard InChI is InChI=1S/C20H14ClFN6O2/c21-15-10-14(22)7-6-13(15)11-27-8-9-28-17(20(27)29)16(24-26-28)19-23-18(25-30-19)12-4-2-1-3-5-12/h1-7,10H,8-9,11H2. The van der Waals surface area contributed by atoms with Crippen molar-refractivity contribution in [3.8, 4) is 23.0 Å². The van der Waals surface area contributed by atoms with Crippen LogP contribution < -0.4 is 0 Å². The fourth-order valence-electron chi connectivity index (χ4n) is 3.32. The van der Waals surface area contributed by atoms with Crippen molar-refractivity contribution in [2.24, 2.45) is 0 Å². The summed E-state index contributed by atoms with van der Waals surface area (Å²) < 4.78 is 20.2. The molecule has 8 nitrogen and oxygen atoms in total. The zero-order chi connectivity index (χ0) is 20.7. The predicted octanol–water partition coefficient (Wildman–Crippen LogP) is 3.44. The third-order valence-corrected chi connectivity index (χ3v) is 5.20. The van der Waals surface area contributed by atoms with Crippen molar-refractivity contribution in [3.05, 3.63) is 70.6 Å². The Labute approximate surface area is 174 Å². The maximum Gasteiger partial charge on any atom is 0.281 e. The summed E-state index contributed by atoms with van der Waals surface area (Å²) in [4.78, 5) is 19.1. The van der Waals surface area contributed by atoms with E-state index in [0.29, 0.717) is 24.5 Å². The highest BCUT2D eigenvalue weighted by Crippen LogP contribution is 2.27. The maximum absolute atomic E-state index is 13.3. The summed E-state index contributed by atoms with van der Waals surface area (Å²) in [5.41, 5.74) is 1.93. The zero-order valence-corrected chi connectivity index (χ0v) is 16.3. The van der Waals surface area contributed by atoms with Crippen LogP contribution in [0.25, 0.3) is 23.0 Å². The Morgan fingerprint density at radius 3 is 2.77 bits per heavy atom. The summed E-state index contributed by atoms with van der Waals surface area (Å²) in [7, 11) is 0. The van der Waals surface area contributed by atoms with Gasteiger partial charge in [0.2, 0.25) is 5.82 Å². The monoisotopic (exact) mass is 424 g/mol. The minimum atomic E-state index is -0.427. The molecule has 0 saturated carbocycles. The van der Waals surface area contributed by atoms with E-state index in [9.17, 15) is 9.18 Å². The van der Waals surface area contributed by atoms with Crippen molar-refractivity contribution in [1.82, 2.24) is 30.0 Å². The van der Waals surface area contributed by atoms with Gasteiger partial charge in [0.05, 0.1) is 6.54 Å². The minimum absolute atomic E-state index is 0.116. The molecule has 10 heteroatoms. The van der Waals surface area contributed by atoms with E-state index in [4.69, 9.17) is 16.1 Å². The molecule has 3 heterocycles. The molecule has 0 unspecified atom stereocenters. The van der Waals surface area contributed by atoms with Gasteiger partial charge in [0, 0.05) is 23.7 Å². The average Bonchev–Trinajstić information content (AvgIpc) is 3.40. The molecule has 0 radical (unpaired) electrons. The number of carbonyl (C=O) groups is 1. The van der Waals surface area contributed by atoms with Crippen molar-refractivity contribution in [1.29, 1.82) is 0 Å². The number of nitrogens with zero attached hydrogens (tertiary/aromatic N) is 6. The van der Waals surface area contributed by atoms with Gasteiger partial charge in [0.25, 0.3) is 11.8 Å². The molecular weight excluding hydrogens is 411 g/mol. The second kappa shape index (κ2) is 7.34. The van der Waals surface area contributed by atoms with E-state index in [0.717, 1.165) is 5.56 Å². The fourth-order valence-corrected chi connectivity index (χ4v) is 3.55. The minimum Gasteiger partial charge on any atom is -0.332 e. The molecule has 0 spiro atoms. The van der Waals surface area contributed by atoms with Crippen LogP contribution in [0.3, 0.4) is 0 Å². The Balaban J connectivity index is 1.45. The number of halogens is 2. The third kappa shape index (κ3) is 3.22. The van der Waals surface area contributed by atoms with E-state index in [-0.39, 0.29) is 34.8 Å². The number of fused-ring (bicyclic) bond motifs is 1. The van der Waals surface area contributed by atoms with Crippen LogP contribution in [0.1, 0.15) is 16.1 Å². The predicted molar refractivity (Wildman–Crippen MR) is 105 cm³/mol. The molecule has 4 aromatic rings. The van der Waals surface area contributed by atoms with Crippen LogP contribution in [0, 0.1) is 5.82 Å². The molecule has 0 N–H and O–H groups in total. The lowest BCUT2D eigenvalue weighted by atomic mass is 10.1. The Hall–Kier alpha value is -3.59. The smallest absolute Gasteiger partial charge is 0.281 e. The molecule has 1 amide bonds. The van der Waals surface area contributed by atoms with Gasteiger partial charge in [0.1, 0.15) is 5.82 Å². The number of rotatable bonds is 4. The number of aromatic nitrogens is 5. The van der Waals surface area contributed by atoms with E-state index in [2.05, 4.69) is 20.5 Å². The van der Waals surface area contributed by atoms with Crippen LogP contribution in [0.4, 0.5) is 4.39 Å². The highest BCUT2D eigenvalue weighted by atomic mass is 35.5. The largest absolute Gasteiger partial charge is 0.332 e. The van der Waals surface area contributed by atoms with Gasteiger partial charge < -0.3 is 9.42 Å². The van der Waals surface area contributed by atoms with Crippen molar-refractivity contribution in [3.63, 3.8) is 0 Å². The SMILES string of the molecule is O=C1c2c(-c3nc(-c4ccccc4)no3)nnn2CCN1Cc1ccc(F)cc1Cl. The number of benzene rings is 2. The number of carbonyl (C=O) groups excluding carboxylic acids is 1. The van der Waals surface area contributed by atoms with Crippen molar-refractivity contribution in [2.75, 3.05) is 6.54 Å². The summed E-state index contributed by atoms with van der Waals surface area (Å²) in [5.74, 6) is -0.208. The molecule has 0 atom stereocenters. The summed E-state index contributed by atoms with van der Waals surface area (Å²) in [6, 6.07) is 13.5. The van der Waals surface area contributed by atoms with Gasteiger partial charge in [-0.05, 0) is 17.7 Å². The molecule has 0 saturated heterocycles. The molecule has 2 aromatic carbocycles. The summed E-state index contributed by atoms with van der Waals surface area (Å²) in [6.07, 6.45) is 0. The van der Waals surface area contributed by atoms with E-state index < -0.39 is 5.82 Å². The lowest BCUT2D eigenvalue weighted by Crippen LogP contribution is -2.40. The van der Waals surface area contributed by atoms with Crippen LogP contribution in [-0.2, 0) is 13.1 Å². The van der Waals surface area contributed by atoms with Gasteiger partial charge in [-0.15, -0.1) is 5.10 Å². The van der Waals surface area contributed by atoms with Gasteiger partial charge in [-0.1, -0.05) is 58.4 Å². The molecule has 1 aliphatic rings. The molecule has 150 valence electrons. The third-order valence-electron chi connectivity index (χ3n) is 4.84. The molecule has 0 fully saturated rings. The summed E-state index contributed by atoms with van der Waals surface area (Å²) in [6.45, 7) is 1.11. The lowest BCUT2D eigenvalue weighted by molar-refractivity contribution is 0.0684. The zero-order valence-electron chi connectivity index (χ0n) is 15.5. The summed E-state index contributed by atoms with van der Waals surface area (Å²) in [5, 5.41) is 12.4. The van der Waals surface area contributed by atoms with Gasteiger partial charge in [-0.3, -0.25) is 4.79 Å². The maximum atomic E-state index is 13.3. The van der Waals surface area contributed by atoms with Crippen LogP contribution in [0.15, 0.2) is 53.1 Å². The Kier molecular flexibility index (Phi) is 4.51. The van der Waals surface area contributed by atoms with Crippen molar-refractivity contribution < 1.29 is 13.7 Å². The number of amides is 1. The fraction of sp³-hybridized carbons (Fsp3) is 0.150. The molecule has 2 aromatic heterocycles. The lowest BCUT2D eigenvalue weighted by Gasteiger charge is -2.27. The first kappa shape index (κ1) is 18.4. The van der Waals surface area contributed by atoms with E-state index in [1.807, 2.05) is 30.3 Å².